The quantitative estimate of drug-likeness (QED) is 0.873. The van der Waals surface area contributed by atoms with Crippen LogP contribution >= 0.6 is 11.3 Å². The van der Waals surface area contributed by atoms with Gasteiger partial charge in [0.15, 0.2) is 0 Å². The molecule has 1 fully saturated rings. The predicted molar refractivity (Wildman–Crippen MR) is 72.2 cm³/mol. The number of carbonyl (C=O) groups is 1. The molecule has 0 saturated heterocycles. The van der Waals surface area contributed by atoms with Gasteiger partial charge in [-0.25, -0.2) is 0 Å². The van der Waals surface area contributed by atoms with Crippen LogP contribution in [0.25, 0.3) is 0 Å². The highest BCUT2D eigenvalue weighted by Crippen LogP contribution is 2.23. The molecule has 1 heterocycles. The van der Waals surface area contributed by atoms with Crippen molar-refractivity contribution in [3.63, 3.8) is 0 Å². The van der Waals surface area contributed by atoms with Crippen LogP contribution in [-0.2, 0) is 11.2 Å². The number of amides is 1. The molecule has 3 heteroatoms. The summed E-state index contributed by atoms with van der Waals surface area (Å²) in [7, 11) is 0. The molecule has 1 aliphatic carbocycles. The first-order valence-electron chi connectivity index (χ1n) is 6.56. The van der Waals surface area contributed by atoms with Crippen LogP contribution in [0.4, 0.5) is 0 Å². The maximum atomic E-state index is 11.8. The molecular formula is C14H21NOS. The van der Waals surface area contributed by atoms with Crippen molar-refractivity contribution in [3.8, 4) is 0 Å². The number of nitrogens with one attached hydrogen (secondary N) is 1. The molecule has 0 aromatic carbocycles. The van der Waals surface area contributed by atoms with E-state index in [-0.39, 0.29) is 5.91 Å². The zero-order valence-corrected chi connectivity index (χ0v) is 11.3. The van der Waals surface area contributed by atoms with E-state index in [1.54, 1.807) is 11.3 Å². The summed E-state index contributed by atoms with van der Waals surface area (Å²) in [5.41, 5.74) is 0. The number of hydrogen-bond acceptors (Lipinski definition) is 2. The molecule has 1 aromatic rings. The van der Waals surface area contributed by atoms with Crippen molar-refractivity contribution in [2.45, 2.75) is 51.5 Å². The molecule has 1 saturated carbocycles. The van der Waals surface area contributed by atoms with Gasteiger partial charge in [-0.15, -0.1) is 11.3 Å². The molecule has 1 amide bonds. The minimum Gasteiger partial charge on any atom is -0.353 e. The van der Waals surface area contributed by atoms with E-state index in [2.05, 4.69) is 23.7 Å². The van der Waals surface area contributed by atoms with Crippen molar-refractivity contribution in [1.29, 1.82) is 0 Å². The predicted octanol–water partition coefficient (Wildman–Crippen LogP) is 3.38. The second kappa shape index (κ2) is 6.20. The molecule has 2 unspecified atom stereocenters. The average molecular weight is 251 g/mol. The van der Waals surface area contributed by atoms with Crippen LogP contribution in [0.3, 0.4) is 0 Å². The standard InChI is InChI=1S/C14H21NOS/c1-11-4-2-5-12(10-11)15-14(16)8-7-13-6-3-9-17-13/h3,6,9,11-12H,2,4-5,7-8,10H2,1H3,(H,15,16). The molecule has 1 aliphatic rings. The number of hydrogen-bond donors (Lipinski definition) is 1. The Morgan fingerprint density at radius 2 is 2.41 bits per heavy atom. The lowest BCUT2D eigenvalue weighted by Gasteiger charge is -2.27. The summed E-state index contributed by atoms with van der Waals surface area (Å²) in [6.07, 6.45) is 6.41. The van der Waals surface area contributed by atoms with Gasteiger partial charge in [0, 0.05) is 17.3 Å². The van der Waals surface area contributed by atoms with E-state index in [1.807, 2.05) is 6.07 Å². The fraction of sp³-hybridized carbons (Fsp3) is 0.643. The van der Waals surface area contributed by atoms with Crippen LogP contribution in [0.5, 0.6) is 0 Å². The van der Waals surface area contributed by atoms with Crippen molar-refractivity contribution in [3.05, 3.63) is 22.4 Å². The number of carbonyl (C=O) groups excluding carboxylic acids is 1. The van der Waals surface area contributed by atoms with Gasteiger partial charge >= 0.3 is 0 Å². The smallest absolute Gasteiger partial charge is 0.220 e. The Morgan fingerprint density at radius 1 is 1.53 bits per heavy atom. The van der Waals surface area contributed by atoms with Crippen LogP contribution in [0.15, 0.2) is 17.5 Å². The molecular weight excluding hydrogens is 230 g/mol. The Labute approximate surface area is 107 Å². The van der Waals surface area contributed by atoms with Crippen LogP contribution in [-0.4, -0.2) is 11.9 Å². The summed E-state index contributed by atoms with van der Waals surface area (Å²) in [5, 5.41) is 5.24. The lowest BCUT2D eigenvalue weighted by molar-refractivity contribution is -0.122. The molecule has 2 nitrogen and oxygen atoms in total. The van der Waals surface area contributed by atoms with Crippen molar-refractivity contribution in [2.24, 2.45) is 5.92 Å². The normalized spacial score (nSPS) is 24.5. The summed E-state index contributed by atoms with van der Waals surface area (Å²) in [4.78, 5) is 13.1. The molecule has 1 aromatic heterocycles. The number of thiophene rings is 1. The Balaban J connectivity index is 1.70. The summed E-state index contributed by atoms with van der Waals surface area (Å²) in [5.74, 6) is 0.990. The van der Waals surface area contributed by atoms with E-state index in [4.69, 9.17) is 0 Å². The van der Waals surface area contributed by atoms with Gasteiger partial charge in [-0.2, -0.15) is 0 Å². The molecule has 1 N–H and O–H groups in total. The Kier molecular flexibility index (Phi) is 4.60. The fourth-order valence-corrected chi connectivity index (χ4v) is 3.27. The van der Waals surface area contributed by atoms with Crippen LogP contribution in [0.2, 0.25) is 0 Å². The lowest BCUT2D eigenvalue weighted by Crippen LogP contribution is -2.38. The van der Waals surface area contributed by atoms with Gasteiger partial charge in [0.25, 0.3) is 0 Å². The van der Waals surface area contributed by atoms with Crippen LogP contribution < -0.4 is 5.32 Å². The van der Waals surface area contributed by atoms with Crippen molar-refractivity contribution in [2.75, 3.05) is 0 Å². The molecule has 2 rings (SSSR count). The summed E-state index contributed by atoms with van der Waals surface area (Å²) in [6.45, 7) is 2.28. The van der Waals surface area contributed by atoms with E-state index in [1.165, 1.54) is 17.7 Å². The first-order valence-corrected chi connectivity index (χ1v) is 7.44. The Morgan fingerprint density at radius 3 is 3.12 bits per heavy atom. The third-order valence-corrected chi connectivity index (χ3v) is 4.42. The van der Waals surface area contributed by atoms with Gasteiger partial charge < -0.3 is 5.32 Å². The van der Waals surface area contributed by atoms with Gasteiger partial charge in [-0.05, 0) is 36.6 Å². The second-order valence-corrected chi connectivity index (χ2v) is 6.15. The summed E-state index contributed by atoms with van der Waals surface area (Å²) in [6, 6.07) is 4.57. The lowest BCUT2D eigenvalue weighted by atomic mass is 9.87. The average Bonchev–Trinajstić information content (AvgIpc) is 2.79. The van der Waals surface area contributed by atoms with Crippen molar-refractivity contribution >= 4 is 17.2 Å². The molecule has 17 heavy (non-hydrogen) atoms. The van der Waals surface area contributed by atoms with Gasteiger partial charge in [0.2, 0.25) is 5.91 Å². The Hall–Kier alpha value is -0.830. The van der Waals surface area contributed by atoms with Gasteiger partial charge in [0.1, 0.15) is 0 Å². The van der Waals surface area contributed by atoms with Crippen LogP contribution in [0.1, 0.15) is 43.9 Å². The van der Waals surface area contributed by atoms with Gasteiger partial charge in [0.05, 0.1) is 0 Å². The number of aryl methyl sites for hydroxylation is 1. The third kappa shape index (κ3) is 4.15. The minimum absolute atomic E-state index is 0.220. The van der Waals surface area contributed by atoms with E-state index >= 15 is 0 Å². The van der Waals surface area contributed by atoms with Gasteiger partial charge in [-0.3, -0.25) is 4.79 Å². The van der Waals surface area contributed by atoms with E-state index in [0.717, 1.165) is 25.2 Å². The van der Waals surface area contributed by atoms with Crippen LogP contribution in [0, 0.1) is 5.92 Å². The zero-order valence-electron chi connectivity index (χ0n) is 10.4. The van der Waals surface area contributed by atoms with E-state index in [9.17, 15) is 4.79 Å². The fourth-order valence-electron chi connectivity index (χ4n) is 2.56. The first-order chi connectivity index (χ1) is 8.24. The zero-order chi connectivity index (χ0) is 12.1. The van der Waals surface area contributed by atoms with E-state index in [0.29, 0.717) is 12.5 Å². The molecule has 0 bridgehead atoms. The summed E-state index contributed by atoms with van der Waals surface area (Å²) < 4.78 is 0. The molecule has 0 radical (unpaired) electrons. The highest BCUT2D eigenvalue weighted by molar-refractivity contribution is 7.09. The SMILES string of the molecule is CC1CCCC(NC(=O)CCc2cccs2)C1. The molecule has 0 aliphatic heterocycles. The van der Waals surface area contributed by atoms with Gasteiger partial charge in [-0.1, -0.05) is 25.8 Å². The third-order valence-electron chi connectivity index (χ3n) is 3.48. The van der Waals surface area contributed by atoms with Crippen molar-refractivity contribution < 1.29 is 4.79 Å². The Bertz CT molecular complexity index is 347. The molecule has 2 atom stereocenters. The summed E-state index contributed by atoms with van der Waals surface area (Å²) >= 11 is 1.73. The molecule has 94 valence electrons. The second-order valence-electron chi connectivity index (χ2n) is 5.12. The minimum atomic E-state index is 0.220. The van der Waals surface area contributed by atoms with E-state index < -0.39 is 0 Å². The monoisotopic (exact) mass is 251 g/mol. The maximum Gasteiger partial charge on any atom is 0.220 e. The topological polar surface area (TPSA) is 29.1 Å². The largest absolute Gasteiger partial charge is 0.353 e. The maximum absolute atomic E-state index is 11.8. The van der Waals surface area contributed by atoms with Crippen molar-refractivity contribution in [1.82, 2.24) is 5.32 Å². The highest BCUT2D eigenvalue weighted by atomic mass is 32.1. The number of rotatable bonds is 4. The highest BCUT2D eigenvalue weighted by Gasteiger charge is 2.20. The first kappa shape index (κ1) is 12.6. The molecule has 0 spiro atoms.